The Kier molecular flexibility index (Phi) is 7.43. The first-order chi connectivity index (χ1) is 16.0. The molecule has 33 heavy (non-hydrogen) atoms. The molecule has 4 aromatic rings. The van der Waals surface area contributed by atoms with Crippen LogP contribution in [0.4, 0.5) is 5.69 Å². The predicted octanol–water partition coefficient (Wildman–Crippen LogP) is 8.04. The molecule has 0 aliphatic carbocycles. The van der Waals surface area contributed by atoms with Crippen molar-refractivity contribution in [2.24, 2.45) is 0 Å². The van der Waals surface area contributed by atoms with E-state index in [0.717, 1.165) is 15.5 Å². The second-order valence-corrected chi connectivity index (χ2v) is 9.34. The molecule has 3 aromatic carbocycles. The van der Waals surface area contributed by atoms with Crippen molar-refractivity contribution in [1.82, 2.24) is 0 Å². The number of ether oxygens (including phenoxy) is 1. The van der Waals surface area contributed by atoms with E-state index >= 15 is 0 Å². The fourth-order valence-corrected chi connectivity index (χ4v) is 4.18. The van der Waals surface area contributed by atoms with Crippen LogP contribution in [-0.4, -0.2) is 5.91 Å². The van der Waals surface area contributed by atoms with Gasteiger partial charge >= 0.3 is 0 Å². The number of para-hydroxylation sites is 1. The largest absolute Gasteiger partial charge is 0.486 e. The number of amides is 1. The maximum Gasteiger partial charge on any atom is 0.291 e. The van der Waals surface area contributed by atoms with Gasteiger partial charge in [0.2, 0.25) is 0 Å². The van der Waals surface area contributed by atoms with E-state index in [2.05, 4.69) is 31.3 Å². The minimum absolute atomic E-state index is 0.232. The van der Waals surface area contributed by atoms with E-state index in [1.54, 1.807) is 23.9 Å². The number of anilines is 1. The first kappa shape index (κ1) is 23.0. The Balaban J connectivity index is 1.38. The van der Waals surface area contributed by atoms with Gasteiger partial charge in [0.25, 0.3) is 5.91 Å². The minimum atomic E-state index is -0.313. The molecule has 0 unspecified atom stereocenters. The fraction of sp³-hybridized carbons (Fsp3) is 0.148. The lowest BCUT2D eigenvalue weighted by Gasteiger charge is -2.10. The van der Waals surface area contributed by atoms with E-state index in [1.807, 2.05) is 60.7 Å². The molecule has 1 aromatic heterocycles. The Hall–Kier alpha value is -3.15. The van der Waals surface area contributed by atoms with Gasteiger partial charge in [-0.15, -0.1) is 0 Å². The van der Waals surface area contributed by atoms with Crippen LogP contribution < -0.4 is 10.1 Å². The number of hydrogen-bond donors (Lipinski definition) is 1. The Morgan fingerprint density at radius 2 is 1.70 bits per heavy atom. The molecule has 0 fully saturated rings. The van der Waals surface area contributed by atoms with Crippen molar-refractivity contribution in [3.8, 4) is 5.75 Å². The lowest BCUT2D eigenvalue weighted by atomic mass is 10.0. The molecular weight excluding hydrogens is 454 g/mol. The Bertz CT molecular complexity index is 1220. The molecule has 1 amide bonds. The molecule has 1 heterocycles. The Labute approximate surface area is 202 Å². The molecule has 0 saturated heterocycles. The summed E-state index contributed by atoms with van der Waals surface area (Å²) in [5.41, 5.74) is 1.97. The van der Waals surface area contributed by atoms with Crippen molar-refractivity contribution in [3.05, 3.63) is 107 Å². The van der Waals surface area contributed by atoms with E-state index in [4.69, 9.17) is 20.8 Å². The highest BCUT2D eigenvalue weighted by Gasteiger charge is 2.14. The Morgan fingerprint density at radius 1 is 0.970 bits per heavy atom. The molecule has 0 radical (unpaired) electrons. The molecule has 0 bridgehead atoms. The number of furan rings is 1. The normalized spacial score (nSPS) is 10.9. The van der Waals surface area contributed by atoms with Crippen molar-refractivity contribution in [3.63, 3.8) is 0 Å². The Morgan fingerprint density at radius 3 is 2.42 bits per heavy atom. The van der Waals surface area contributed by atoms with E-state index in [1.165, 1.54) is 5.56 Å². The van der Waals surface area contributed by atoms with Crippen LogP contribution in [0.25, 0.3) is 0 Å². The predicted molar refractivity (Wildman–Crippen MR) is 134 cm³/mol. The summed E-state index contributed by atoms with van der Waals surface area (Å²) in [4.78, 5) is 14.7. The van der Waals surface area contributed by atoms with Crippen LogP contribution in [-0.2, 0) is 6.61 Å². The van der Waals surface area contributed by atoms with Gasteiger partial charge in [-0.2, -0.15) is 0 Å². The highest BCUT2D eigenvalue weighted by atomic mass is 35.5. The number of rotatable bonds is 8. The zero-order valence-electron chi connectivity index (χ0n) is 18.4. The molecule has 4 rings (SSSR count). The van der Waals surface area contributed by atoms with Gasteiger partial charge < -0.3 is 14.5 Å². The summed E-state index contributed by atoms with van der Waals surface area (Å²) in [6, 6.07) is 26.6. The number of carbonyl (C=O) groups is 1. The van der Waals surface area contributed by atoms with Gasteiger partial charge in [0.1, 0.15) is 18.1 Å². The molecule has 0 aliphatic rings. The second kappa shape index (κ2) is 10.6. The molecule has 6 heteroatoms. The molecule has 1 N–H and O–H groups in total. The number of nitrogens with one attached hydrogen (secondary N) is 1. The molecule has 0 spiro atoms. The van der Waals surface area contributed by atoms with E-state index < -0.39 is 0 Å². The maximum absolute atomic E-state index is 12.8. The van der Waals surface area contributed by atoms with Crippen molar-refractivity contribution in [2.45, 2.75) is 36.2 Å². The van der Waals surface area contributed by atoms with E-state index in [0.29, 0.717) is 22.4 Å². The first-order valence-corrected chi connectivity index (χ1v) is 11.8. The highest BCUT2D eigenvalue weighted by Crippen LogP contribution is 2.34. The van der Waals surface area contributed by atoms with Crippen LogP contribution in [0.5, 0.6) is 5.75 Å². The van der Waals surface area contributed by atoms with Gasteiger partial charge in [-0.1, -0.05) is 61.5 Å². The highest BCUT2D eigenvalue weighted by molar-refractivity contribution is 7.99. The van der Waals surface area contributed by atoms with Crippen LogP contribution in [0.2, 0.25) is 5.02 Å². The van der Waals surface area contributed by atoms with Gasteiger partial charge in [-0.25, -0.2) is 0 Å². The summed E-state index contributed by atoms with van der Waals surface area (Å²) in [6.07, 6.45) is 0. The third kappa shape index (κ3) is 6.21. The van der Waals surface area contributed by atoms with Crippen molar-refractivity contribution >= 4 is 35.0 Å². The third-order valence-electron chi connectivity index (χ3n) is 4.99. The molecular formula is C27H24ClNO3S. The van der Waals surface area contributed by atoms with E-state index in [9.17, 15) is 4.79 Å². The van der Waals surface area contributed by atoms with Crippen LogP contribution in [0.1, 0.15) is 41.6 Å². The van der Waals surface area contributed by atoms with Crippen LogP contribution in [0.3, 0.4) is 0 Å². The summed E-state index contributed by atoms with van der Waals surface area (Å²) >= 11 is 7.52. The lowest BCUT2D eigenvalue weighted by Crippen LogP contribution is -2.11. The molecule has 4 nitrogen and oxygen atoms in total. The standard InChI is InChI=1S/C27H24ClNO3S/c1-18(2)19-7-11-21(12-8-19)31-17-22-13-16-25(32-22)27(30)29-24-5-3-4-6-26(24)33-23-14-9-20(28)10-15-23/h3-16,18H,17H2,1-2H3,(H,29,30). The van der Waals surface area contributed by atoms with Gasteiger partial charge in [0.05, 0.1) is 5.69 Å². The summed E-state index contributed by atoms with van der Waals surface area (Å²) in [7, 11) is 0. The van der Waals surface area contributed by atoms with Gasteiger partial charge in [0.15, 0.2) is 5.76 Å². The third-order valence-corrected chi connectivity index (χ3v) is 6.33. The zero-order chi connectivity index (χ0) is 23.2. The molecule has 168 valence electrons. The topological polar surface area (TPSA) is 51.5 Å². The van der Waals surface area contributed by atoms with Crippen LogP contribution >= 0.6 is 23.4 Å². The van der Waals surface area contributed by atoms with Crippen LogP contribution in [0, 0.1) is 0 Å². The second-order valence-electron chi connectivity index (χ2n) is 7.78. The van der Waals surface area contributed by atoms with Crippen molar-refractivity contribution in [2.75, 3.05) is 5.32 Å². The number of hydrogen-bond acceptors (Lipinski definition) is 4. The van der Waals surface area contributed by atoms with E-state index in [-0.39, 0.29) is 18.3 Å². The van der Waals surface area contributed by atoms with Gasteiger partial charge in [0, 0.05) is 14.8 Å². The molecule has 0 atom stereocenters. The van der Waals surface area contributed by atoms with Crippen molar-refractivity contribution in [1.29, 1.82) is 0 Å². The summed E-state index contributed by atoms with van der Waals surface area (Å²) in [6.45, 7) is 4.55. The van der Waals surface area contributed by atoms with Crippen LogP contribution in [0.15, 0.2) is 99.1 Å². The summed E-state index contributed by atoms with van der Waals surface area (Å²) in [5.74, 6) is 1.73. The number of halogens is 1. The SMILES string of the molecule is CC(C)c1ccc(OCc2ccc(C(=O)Nc3ccccc3Sc3ccc(Cl)cc3)o2)cc1. The average Bonchev–Trinajstić information content (AvgIpc) is 3.30. The number of carbonyl (C=O) groups excluding carboxylic acids is 1. The smallest absolute Gasteiger partial charge is 0.291 e. The van der Waals surface area contributed by atoms with Gasteiger partial charge in [-0.05, 0) is 72.1 Å². The summed E-state index contributed by atoms with van der Waals surface area (Å²) < 4.78 is 11.5. The number of benzene rings is 3. The maximum atomic E-state index is 12.8. The minimum Gasteiger partial charge on any atom is -0.486 e. The zero-order valence-corrected chi connectivity index (χ0v) is 20.0. The monoisotopic (exact) mass is 477 g/mol. The fourth-order valence-electron chi connectivity index (χ4n) is 3.15. The molecule has 0 saturated carbocycles. The average molecular weight is 478 g/mol. The lowest BCUT2D eigenvalue weighted by molar-refractivity contribution is 0.0992. The quantitative estimate of drug-likeness (QED) is 0.279. The summed E-state index contributed by atoms with van der Waals surface area (Å²) in [5, 5.41) is 3.63. The first-order valence-electron chi connectivity index (χ1n) is 10.6. The molecule has 0 aliphatic heterocycles. The van der Waals surface area contributed by atoms with Crippen molar-refractivity contribution < 1.29 is 13.9 Å². The van der Waals surface area contributed by atoms with Gasteiger partial charge in [-0.3, -0.25) is 4.79 Å².